The Hall–Kier alpha value is -3.32. The lowest BCUT2D eigenvalue weighted by Crippen LogP contribution is -2.32. The summed E-state index contributed by atoms with van der Waals surface area (Å²) in [6.07, 6.45) is 0. The van der Waals surface area contributed by atoms with E-state index in [2.05, 4.69) is 5.32 Å². The van der Waals surface area contributed by atoms with E-state index in [1.54, 1.807) is 37.3 Å². The maximum Gasteiger partial charge on any atom is 0.335 e. The highest BCUT2D eigenvalue weighted by molar-refractivity contribution is 6.53. The number of para-hydroxylation sites is 2. The minimum absolute atomic E-state index is 0.0343. The van der Waals surface area contributed by atoms with Crippen molar-refractivity contribution in [1.82, 2.24) is 0 Å². The van der Waals surface area contributed by atoms with Gasteiger partial charge in [0.25, 0.3) is 11.8 Å². The summed E-state index contributed by atoms with van der Waals surface area (Å²) >= 11 is 6.10. The van der Waals surface area contributed by atoms with E-state index in [9.17, 15) is 14.4 Å². The molecule has 0 radical (unpaired) electrons. The maximum atomic E-state index is 12.8. The zero-order chi connectivity index (χ0) is 19.6. The highest BCUT2D eigenvalue weighted by atomic mass is 35.5. The molecule has 27 heavy (non-hydrogen) atoms. The highest BCUT2D eigenvalue weighted by Gasteiger charge is 2.40. The monoisotopic (exact) mass is 386 g/mol. The molecule has 1 aliphatic heterocycles. The number of nitrogens with zero attached hydrogens (tertiary/aromatic N) is 1. The molecule has 0 unspecified atom stereocenters. The predicted octanol–water partition coefficient (Wildman–Crippen LogP) is 3.22. The normalized spacial score (nSPS) is 13.9. The second kappa shape index (κ2) is 7.51. The van der Waals surface area contributed by atoms with Gasteiger partial charge in [-0.05, 0) is 37.3 Å². The number of carboxylic acid groups (broad SMARTS) is 1. The van der Waals surface area contributed by atoms with E-state index in [4.69, 9.17) is 21.4 Å². The van der Waals surface area contributed by atoms with Gasteiger partial charge in [-0.25, -0.2) is 9.69 Å². The van der Waals surface area contributed by atoms with Gasteiger partial charge in [-0.2, -0.15) is 0 Å². The molecule has 2 aromatic carbocycles. The van der Waals surface area contributed by atoms with Crippen molar-refractivity contribution in [2.24, 2.45) is 0 Å². The van der Waals surface area contributed by atoms with E-state index >= 15 is 0 Å². The number of hydrogen-bond donors (Lipinski definition) is 2. The largest absolute Gasteiger partial charge is 0.492 e. The lowest BCUT2D eigenvalue weighted by molar-refractivity contribution is -0.120. The fourth-order valence-electron chi connectivity index (χ4n) is 2.62. The van der Waals surface area contributed by atoms with Crippen molar-refractivity contribution in [2.75, 3.05) is 16.8 Å². The molecule has 1 aliphatic rings. The fraction of sp³-hybridized carbons (Fsp3) is 0.105. The number of carbonyl (C=O) groups is 3. The van der Waals surface area contributed by atoms with E-state index in [1.165, 1.54) is 18.2 Å². The zero-order valence-electron chi connectivity index (χ0n) is 14.2. The average molecular weight is 387 g/mol. The number of hydrogen-bond acceptors (Lipinski definition) is 5. The van der Waals surface area contributed by atoms with Gasteiger partial charge in [0.2, 0.25) is 0 Å². The van der Waals surface area contributed by atoms with Crippen molar-refractivity contribution in [1.29, 1.82) is 0 Å². The topological polar surface area (TPSA) is 95.9 Å². The molecule has 0 aliphatic carbocycles. The third kappa shape index (κ3) is 3.50. The Balaban J connectivity index is 1.93. The molecule has 0 saturated heterocycles. The van der Waals surface area contributed by atoms with Crippen LogP contribution in [0.3, 0.4) is 0 Å². The minimum Gasteiger partial charge on any atom is -0.492 e. The summed E-state index contributed by atoms with van der Waals surface area (Å²) in [5.74, 6) is -2.08. The number of amides is 2. The standard InChI is InChI=1S/C19H15ClN2O5/c1-2-27-14-9-4-3-8-13(14)22-17(23)15(20)16(18(22)24)21-12-7-5-6-11(10-12)19(25)26/h3-10,21H,2H2,1H3,(H,25,26). The molecular formula is C19H15ClN2O5. The third-order valence-corrected chi connectivity index (χ3v) is 4.16. The van der Waals surface area contributed by atoms with Gasteiger partial charge in [0.05, 0.1) is 17.9 Å². The van der Waals surface area contributed by atoms with Crippen molar-refractivity contribution in [2.45, 2.75) is 6.92 Å². The van der Waals surface area contributed by atoms with E-state index in [1.807, 2.05) is 0 Å². The van der Waals surface area contributed by atoms with Crippen LogP contribution in [-0.2, 0) is 9.59 Å². The molecule has 2 aromatic rings. The first kappa shape index (κ1) is 18.5. The lowest BCUT2D eigenvalue weighted by Gasteiger charge is -2.18. The van der Waals surface area contributed by atoms with Crippen LogP contribution in [0.25, 0.3) is 0 Å². The molecule has 0 fully saturated rings. The molecule has 0 saturated carbocycles. The molecule has 0 bridgehead atoms. The Bertz CT molecular complexity index is 970. The summed E-state index contributed by atoms with van der Waals surface area (Å²) < 4.78 is 5.48. The van der Waals surface area contributed by atoms with Crippen molar-refractivity contribution in [3.8, 4) is 5.75 Å². The lowest BCUT2D eigenvalue weighted by atomic mass is 10.2. The number of aromatic carboxylic acids is 1. The van der Waals surface area contributed by atoms with Crippen LogP contribution in [0.5, 0.6) is 5.75 Å². The molecule has 0 atom stereocenters. The SMILES string of the molecule is CCOc1ccccc1N1C(=O)C(Cl)=C(Nc2cccc(C(=O)O)c2)C1=O. The maximum absolute atomic E-state index is 12.8. The number of benzene rings is 2. The Morgan fingerprint density at radius 3 is 2.59 bits per heavy atom. The van der Waals surface area contributed by atoms with Crippen LogP contribution in [0.1, 0.15) is 17.3 Å². The van der Waals surface area contributed by atoms with Crippen LogP contribution >= 0.6 is 11.6 Å². The van der Waals surface area contributed by atoms with E-state index < -0.39 is 17.8 Å². The summed E-state index contributed by atoms with van der Waals surface area (Å²) in [7, 11) is 0. The molecule has 138 valence electrons. The summed E-state index contributed by atoms with van der Waals surface area (Å²) in [4.78, 5) is 37.4. The highest BCUT2D eigenvalue weighted by Crippen LogP contribution is 2.35. The number of imide groups is 1. The van der Waals surface area contributed by atoms with Crippen molar-refractivity contribution < 1.29 is 24.2 Å². The molecule has 7 nitrogen and oxygen atoms in total. The quantitative estimate of drug-likeness (QED) is 0.740. The molecule has 3 rings (SSSR count). The molecule has 8 heteroatoms. The number of nitrogens with one attached hydrogen (secondary N) is 1. The molecule has 0 aromatic heterocycles. The van der Waals surface area contributed by atoms with Crippen molar-refractivity contribution >= 4 is 40.8 Å². The Labute approximate surface area is 159 Å². The van der Waals surface area contributed by atoms with Crippen LogP contribution in [-0.4, -0.2) is 29.5 Å². The molecule has 2 amide bonds. The van der Waals surface area contributed by atoms with E-state index in [0.717, 1.165) is 4.90 Å². The second-order valence-electron chi connectivity index (χ2n) is 5.55. The van der Waals surface area contributed by atoms with Crippen LogP contribution in [0, 0.1) is 0 Å². The summed E-state index contributed by atoms with van der Waals surface area (Å²) in [5, 5.41) is 11.5. The van der Waals surface area contributed by atoms with Gasteiger partial charge in [-0.3, -0.25) is 9.59 Å². The number of ether oxygens (including phenoxy) is 1. The van der Waals surface area contributed by atoms with Gasteiger partial charge in [-0.15, -0.1) is 0 Å². The third-order valence-electron chi connectivity index (χ3n) is 3.81. The van der Waals surface area contributed by atoms with Crippen LogP contribution < -0.4 is 15.0 Å². The second-order valence-corrected chi connectivity index (χ2v) is 5.92. The van der Waals surface area contributed by atoms with Gasteiger partial charge in [-0.1, -0.05) is 29.8 Å². The van der Waals surface area contributed by atoms with Gasteiger partial charge in [0, 0.05) is 5.69 Å². The fourth-order valence-corrected chi connectivity index (χ4v) is 2.84. The first-order chi connectivity index (χ1) is 12.9. The molecule has 2 N–H and O–H groups in total. The van der Waals surface area contributed by atoms with Gasteiger partial charge in [0.1, 0.15) is 16.5 Å². The van der Waals surface area contributed by atoms with Crippen LogP contribution in [0.4, 0.5) is 11.4 Å². The average Bonchev–Trinajstić information content (AvgIpc) is 2.86. The molecule has 1 heterocycles. The number of halogens is 1. The zero-order valence-corrected chi connectivity index (χ0v) is 15.0. The van der Waals surface area contributed by atoms with Crippen molar-refractivity contribution in [3.63, 3.8) is 0 Å². The van der Waals surface area contributed by atoms with Crippen LogP contribution in [0.15, 0.2) is 59.3 Å². The predicted molar refractivity (Wildman–Crippen MR) is 100 cm³/mol. The number of carbonyl (C=O) groups excluding carboxylic acids is 2. The smallest absolute Gasteiger partial charge is 0.335 e. The Morgan fingerprint density at radius 2 is 1.89 bits per heavy atom. The first-order valence-corrected chi connectivity index (χ1v) is 8.42. The van der Waals surface area contributed by atoms with Gasteiger partial charge >= 0.3 is 5.97 Å². The van der Waals surface area contributed by atoms with Crippen LogP contribution in [0.2, 0.25) is 0 Å². The molecule has 0 spiro atoms. The summed E-state index contributed by atoms with van der Waals surface area (Å²) in [6.45, 7) is 2.15. The first-order valence-electron chi connectivity index (χ1n) is 8.04. The van der Waals surface area contributed by atoms with Gasteiger partial charge < -0.3 is 15.2 Å². The molecular weight excluding hydrogens is 372 g/mol. The Morgan fingerprint density at radius 1 is 1.15 bits per heavy atom. The number of anilines is 2. The van der Waals surface area contributed by atoms with Gasteiger partial charge in [0.15, 0.2) is 0 Å². The summed E-state index contributed by atoms with van der Waals surface area (Å²) in [5.41, 5.74) is 0.510. The Kier molecular flexibility index (Phi) is 5.14. The summed E-state index contributed by atoms with van der Waals surface area (Å²) in [6, 6.07) is 12.5. The number of rotatable bonds is 6. The van der Waals surface area contributed by atoms with E-state index in [-0.39, 0.29) is 22.0 Å². The minimum atomic E-state index is -1.11. The van der Waals surface area contributed by atoms with Crippen molar-refractivity contribution in [3.05, 3.63) is 64.8 Å². The number of carboxylic acids is 1. The van der Waals surface area contributed by atoms with E-state index in [0.29, 0.717) is 18.0 Å².